The Hall–Kier alpha value is -3.88. The maximum absolute atomic E-state index is 14.4. The second-order valence-electron chi connectivity index (χ2n) is 8.86. The van der Waals surface area contributed by atoms with Crippen molar-refractivity contribution in [2.45, 2.75) is 38.5 Å². The second kappa shape index (κ2) is 13.0. The highest BCUT2D eigenvalue weighted by atomic mass is 35.5. The zero-order valence-corrected chi connectivity index (χ0v) is 21.6. The van der Waals surface area contributed by atoms with Crippen molar-refractivity contribution in [3.05, 3.63) is 65.1 Å². The summed E-state index contributed by atoms with van der Waals surface area (Å²) < 4.78 is 69.4. The lowest BCUT2D eigenvalue weighted by Crippen LogP contribution is -2.40. The molecule has 0 radical (unpaired) electrons. The molecule has 10 nitrogen and oxygen atoms in total. The van der Waals surface area contributed by atoms with Crippen LogP contribution in [0.25, 0.3) is 11.5 Å². The number of hydroxylamine groups is 1. The summed E-state index contributed by atoms with van der Waals surface area (Å²) in [5.41, 5.74) is 6.69. The largest absolute Gasteiger partial charge is 0.489 e. The van der Waals surface area contributed by atoms with Crippen LogP contribution in [0.3, 0.4) is 0 Å². The number of nitrogens with two attached hydrogens (primary N) is 1. The normalized spacial score (nSPS) is 14.2. The van der Waals surface area contributed by atoms with Crippen LogP contribution in [0.1, 0.15) is 53.7 Å². The lowest BCUT2D eigenvalue weighted by atomic mass is 10.0. The Morgan fingerprint density at radius 2 is 1.90 bits per heavy atom. The van der Waals surface area contributed by atoms with E-state index in [1.807, 2.05) is 0 Å². The van der Waals surface area contributed by atoms with Crippen LogP contribution in [0, 0.1) is 17.6 Å². The number of hydrogen-bond donors (Lipinski definition) is 4. The van der Waals surface area contributed by atoms with Crippen molar-refractivity contribution in [3.63, 3.8) is 0 Å². The average molecular weight is 589 g/mol. The fourth-order valence-electron chi connectivity index (χ4n) is 3.65. The topological polar surface area (TPSA) is 149 Å². The highest BCUT2D eigenvalue weighted by Crippen LogP contribution is 2.37. The molecule has 40 heavy (non-hydrogen) atoms. The van der Waals surface area contributed by atoms with E-state index in [2.05, 4.69) is 15.0 Å². The van der Waals surface area contributed by atoms with Crippen molar-refractivity contribution in [1.82, 2.24) is 15.8 Å². The zero-order chi connectivity index (χ0) is 28.3. The first-order chi connectivity index (χ1) is 18.6. The number of nitrogens with zero attached hydrogens (tertiary/aromatic N) is 1. The van der Waals surface area contributed by atoms with Gasteiger partial charge in [0.25, 0.3) is 11.8 Å². The molecular formula is C25H25ClF4N4O6. The summed E-state index contributed by atoms with van der Waals surface area (Å²) in [7, 11) is 0. The second-order valence-corrected chi connectivity index (χ2v) is 8.86. The predicted molar refractivity (Wildman–Crippen MR) is 133 cm³/mol. The Morgan fingerprint density at radius 1 is 1.18 bits per heavy atom. The molecule has 0 unspecified atom stereocenters. The third-order valence-electron chi connectivity index (χ3n) is 5.78. The van der Waals surface area contributed by atoms with Crippen LogP contribution in [0.5, 0.6) is 11.5 Å². The number of oxazole rings is 1. The highest BCUT2D eigenvalue weighted by molar-refractivity contribution is 5.97. The summed E-state index contributed by atoms with van der Waals surface area (Å²) in [6, 6.07) is 3.59. The lowest BCUT2D eigenvalue weighted by molar-refractivity contribution is -0.131. The van der Waals surface area contributed by atoms with Gasteiger partial charge in [0, 0.05) is 17.2 Å². The average Bonchev–Trinajstić information content (AvgIpc) is 3.61. The molecule has 5 N–H and O–H groups in total. The van der Waals surface area contributed by atoms with E-state index in [0.29, 0.717) is 18.6 Å². The van der Waals surface area contributed by atoms with E-state index in [-0.39, 0.29) is 46.8 Å². The molecule has 1 aliphatic carbocycles. The molecule has 1 saturated carbocycles. The smallest absolute Gasteiger partial charge is 0.387 e. The summed E-state index contributed by atoms with van der Waals surface area (Å²) in [6.45, 7) is -1.31. The van der Waals surface area contributed by atoms with Crippen LogP contribution in [0.15, 0.2) is 40.8 Å². The van der Waals surface area contributed by atoms with Crippen LogP contribution in [-0.2, 0) is 4.79 Å². The number of rotatable bonds is 11. The molecular weight excluding hydrogens is 564 g/mol. The van der Waals surface area contributed by atoms with Gasteiger partial charge in [0.2, 0.25) is 5.89 Å². The molecule has 1 aliphatic rings. The fraction of sp³-hybridized carbons (Fsp3) is 0.320. The van der Waals surface area contributed by atoms with Crippen LogP contribution in [0.2, 0.25) is 0 Å². The predicted octanol–water partition coefficient (Wildman–Crippen LogP) is 4.43. The van der Waals surface area contributed by atoms with Gasteiger partial charge >= 0.3 is 6.61 Å². The maximum atomic E-state index is 14.4. The van der Waals surface area contributed by atoms with Gasteiger partial charge in [-0.3, -0.25) is 14.8 Å². The van der Waals surface area contributed by atoms with Crippen LogP contribution < -0.4 is 26.0 Å². The molecule has 2 atom stereocenters. The minimum absolute atomic E-state index is 0. The van der Waals surface area contributed by atoms with Crippen molar-refractivity contribution < 1.29 is 46.2 Å². The Bertz CT molecular complexity index is 1370. The van der Waals surface area contributed by atoms with E-state index in [9.17, 15) is 27.2 Å². The standard InChI is InChI=1S/C25H24F4N4O6.ClH/c1-11(30)21-20(22(34)31-19(23(35)33-36)15-6-5-14(26)9-16(15)27)32-24(39-21)13-4-7-17(38-25(28)29)18(8-13)37-10-12-2-3-12;/h4-9,11-12,19,25,36H,2-3,10,30H2,1H3,(H,31,34)(H,33,35);1H/t11-,19-;/m0./s1. The Labute approximate surface area is 231 Å². The van der Waals surface area contributed by atoms with Crippen LogP contribution >= 0.6 is 12.4 Å². The van der Waals surface area contributed by atoms with Gasteiger partial charge in [-0.15, -0.1) is 12.4 Å². The Kier molecular flexibility index (Phi) is 9.95. The molecule has 4 rings (SSSR count). The fourth-order valence-corrected chi connectivity index (χ4v) is 3.65. The maximum Gasteiger partial charge on any atom is 0.387 e. The summed E-state index contributed by atoms with van der Waals surface area (Å²) in [4.78, 5) is 29.5. The quantitative estimate of drug-likeness (QED) is 0.146. The molecule has 1 fully saturated rings. The van der Waals surface area contributed by atoms with Crippen molar-refractivity contribution in [1.29, 1.82) is 0 Å². The van der Waals surface area contributed by atoms with Gasteiger partial charge in [-0.2, -0.15) is 8.78 Å². The molecule has 2 amide bonds. The van der Waals surface area contributed by atoms with Crippen molar-refractivity contribution >= 4 is 24.2 Å². The molecule has 3 aromatic rings. The van der Waals surface area contributed by atoms with Crippen molar-refractivity contribution in [2.24, 2.45) is 11.7 Å². The summed E-state index contributed by atoms with van der Waals surface area (Å²) >= 11 is 0. The molecule has 0 bridgehead atoms. The van der Waals surface area contributed by atoms with Gasteiger partial charge in [-0.1, -0.05) is 6.07 Å². The lowest BCUT2D eigenvalue weighted by Gasteiger charge is -2.17. The van der Waals surface area contributed by atoms with Crippen LogP contribution in [-0.4, -0.2) is 35.2 Å². The number of alkyl halides is 2. The van der Waals surface area contributed by atoms with E-state index in [4.69, 9.17) is 20.1 Å². The summed E-state index contributed by atoms with van der Waals surface area (Å²) in [5.74, 6) is -4.45. The molecule has 0 spiro atoms. The third kappa shape index (κ3) is 7.20. The van der Waals surface area contributed by atoms with E-state index >= 15 is 0 Å². The van der Waals surface area contributed by atoms with Gasteiger partial charge in [0.05, 0.1) is 12.6 Å². The van der Waals surface area contributed by atoms with Crippen LogP contribution in [0.4, 0.5) is 17.6 Å². The number of benzene rings is 2. The monoisotopic (exact) mass is 588 g/mol. The van der Waals surface area contributed by atoms with Gasteiger partial charge < -0.3 is 24.9 Å². The first kappa shape index (κ1) is 30.7. The van der Waals surface area contributed by atoms with E-state index in [1.165, 1.54) is 30.6 Å². The van der Waals surface area contributed by atoms with Gasteiger partial charge in [0.15, 0.2) is 23.0 Å². The first-order valence-corrected chi connectivity index (χ1v) is 11.8. The highest BCUT2D eigenvalue weighted by Gasteiger charge is 2.31. The SMILES string of the molecule is C[C@H](N)c1oc(-c2ccc(OC(F)F)c(OCC3CC3)c2)nc1C(=O)N[C@H](C(=O)NO)c1ccc(F)cc1F.Cl. The Morgan fingerprint density at radius 3 is 2.50 bits per heavy atom. The van der Waals surface area contributed by atoms with Crippen molar-refractivity contribution in [2.75, 3.05) is 6.61 Å². The number of hydrogen-bond acceptors (Lipinski definition) is 8. The minimum atomic E-state index is -3.09. The molecule has 0 saturated heterocycles. The molecule has 216 valence electrons. The van der Waals surface area contributed by atoms with Gasteiger partial charge in [0.1, 0.15) is 17.7 Å². The summed E-state index contributed by atoms with van der Waals surface area (Å²) in [5, 5.41) is 11.3. The van der Waals surface area contributed by atoms with E-state index in [0.717, 1.165) is 25.0 Å². The van der Waals surface area contributed by atoms with Crippen molar-refractivity contribution in [3.8, 4) is 23.0 Å². The third-order valence-corrected chi connectivity index (χ3v) is 5.78. The molecule has 15 heteroatoms. The minimum Gasteiger partial charge on any atom is -0.489 e. The van der Waals surface area contributed by atoms with E-state index in [1.54, 1.807) is 0 Å². The molecule has 0 aliphatic heterocycles. The number of nitrogens with one attached hydrogen (secondary N) is 2. The molecule has 1 aromatic heterocycles. The Balaban J connectivity index is 0.00000441. The number of amides is 2. The summed E-state index contributed by atoms with van der Waals surface area (Å²) in [6.07, 6.45) is 1.91. The van der Waals surface area contributed by atoms with Gasteiger partial charge in [-0.25, -0.2) is 19.2 Å². The number of aromatic nitrogens is 1. The first-order valence-electron chi connectivity index (χ1n) is 11.8. The number of ether oxygens (including phenoxy) is 2. The number of carbonyl (C=O) groups is 2. The molecule has 2 aromatic carbocycles. The van der Waals surface area contributed by atoms with Gasteiger partial charge in [-0.05, 0) is 49.9 Å². The zero-order valence-electron chi connectivity index (χ0n) is 20.8. The van der Waals surface area contributed by atoms with E-state index < -0.39 is 47.7 Å². The number of carbonyl (C=O) groups excluding carboxylic acids is 2. The number of halogens is 5. The molecule has 1 heterocycles.